The number of fused-ring (bicyclic) bond motifs is 1. The van der Waals surface area contributed by atoms with Gasteiger partial charge < -0.3 is 24.0 Å². The van der Waals surface area contributed by atoms with Crippen LogP contribution in [0, 0.1) is 10.8 Å². The van der Waals surface area contributed by atoms with Crippen molar-refractivity contribution < 1.29 is 28.6 Å². The second kappa shape index (κ2) is 13.3. The average molecular weight is 667 g/mol. The van der Waals surface area contributed by atoms with Gasteiger partial charge in [0.2, 0.25) is 5.95 Å². The van der Waals surface area contributed by atoms with Gasteiger partial charge in [-0.2, -0.15) is 4.98 Å². The number of para-hydroxylation sites is 1. The molecule has 3 heterocycles. The van der Waals surface area contributed by atoms with Gasteiger partial charge in [0.25, 0.3) is 5.56 Å². The number of benzene rings is 1. The molecule has 1 amide bonds. The van der Waals surface area contributed by atoms with Gasteiger partial charge in [-0.25, -0.2) is 18.7 Å². The zero-order chi connectivity index (χ0) is 35.8. The molecule has 1 aliphatic heterocycles. The molecule has 0 radical (unpaired) electrons. The molecule has 48 heavy (non-hydrogen) atoms. The Morgan fingerprint density at radius 2 is 1.38 bits per heavy atom. The van der Waals surface area contributed by atoms with Crippen LogP contribution in [0.5, 0.6) is 0 Å². The van der Waals surface area contributed by atoms with Gasteiger partial charge in [0.05, 0.1) is 16.5 Å². The number of hydrogen-bond acceptors (Lipinski definition) is 10. The molecule has 2 aromatic heterocycles. The van der Waals surface area contributed by atoms with Gasteiger partial charge in [-0.05, 0) is 73.9 Å². The standard InChI is InChI=1S/C34H46N6O8/c1-11-22-14-12-13-15-23(22)40-24-25(35-29(40)36-16-18-37(19-17-36)31(45)48-34(8,9)10)38(20-46-27(42)32(2,3)4)30(44)39(26(24)41)21-47-28(43)33(5,6)7/h11-15H,1,16-21H2,2-10H3. The van der Waals surface area contributed by atoms with Gasteiger partial charge in [0.15, 0.2) is 24.6 Å². The Bertz CT molecular complexity index is 1840. The first kappa shape index (κ1) is 36.0. The molecule has 1 aliphatic rings. The van der Waals surface area contributed by atoms with E-state index in [-0.39, 0.29) is 11.2 Å². The van der Waals surface area contributed by atoms with Gasteiger partial charge in [-0.1, -0.05) is 30.9 Å². The molecule has 14 nitrogen and oxygen atoms in total. The molecule has 0 saturated carbocycles. The zero-order valence-electron chi connectivity index (χ0n) is 29.3. The molecule has 0 N–H and O–H groups in total. The van der Waals surface area contributed by atoms with Crippen LogP contribution in [0.1, 0.15) is 67.9 Å². The topological polar surface area (TPSA) is 147 Å². The van der Waals surface area contributed by atoms with E-state index in [1.165, 1.54) is 0 Å². The van der Waals surface area contributed by atoms with E-state index in [2.05, 4.69) is 6.58 Å². The van der Waals surface area contributed by atoms with Crippen LogP contribution in [0.2, 0.25) is 0 Å². The predicted octanol–water partition coefficient (Wildman–Crippen LogP) is 4.14. The molecule has 14 heteroatoms. The summed E-state index contributed by atoms with van der Waals surface area (Å²) < 4.78 is 20.0. The first-order valence-electron chi connectivity index (χ1n) is 15.8. The van der Waals surface area contributed by atoms with Crippen molar-refractivity contribution in [3.8, 4) is 5.69 Å². The first-order chi connectivity index (χ1) is 22.2. The van der Waals surface area contributed by atoms with Crippen molar-refractivity contribution >= 4 is 41.2 Å². The van der Waals surface area contributed by atoms with Crippen LogP contribution >= 0.6 is 0 Å². The summed E-state index contributed by atoms with van der Waals surface area (Å²) in [4.78, 5) is 74.8. The number of aromatic nitrogens is 4. The number of anilines is 1. The Labute approximate surface area is 279 Å². The Balaban J connectivity index is 1.94. The summed E-state index contributed by atoms with van der Waals surface area (Å²) in [6, 6.07) is 7.23. The van der Waals surface area contributed by atoms with Crippen LogP contribution in [0.15, 0.2) is 40.4 Å². The summed E-state index contributed by atoms with van der Waals surface area (Å²) in [6.07, 6.45) is 1.20. The van der Waals surface area contributed by atoms with E-state index < -0.39 is 59.2 Å². The molecule has 1 aromatic carbocycles. The molecule has 0 bridgehead atoms. The third kappa shape index (κ3) is 7.63. The third-order valence-electron chi connectivity index (χ3n) is 7.49. The summed E-state index contributed by atoms with van der Waals surface area (Å²) >= 11 is 0. The minimum Gasteiger partial charge on any atom is -0.444 e. The lowest BCUT2D eigenvalue weighted by molar-refractivity contribution is -0.157. The van der Waals surface area contributed by atoms with Crippen molar-refractivity contribution in [2.75, 3.05) is 31.1 Å². The zero-order valence-corrected chi connectivity index (χ0v) is 29.3. The summed E-state index contributed by atoms with van der Waals surface area (Å²) in [5, 5.41) is 0. The van der Waals surface area contributed by atoms with Gasteiger partial charge in [-0.3, -0.25) is 19.0 Å². The molecule has 4 rings (SSSR count). The van der Waals surface area contributed by atoms with E-state index in [1.807, 2.05) is 17.0 Å². The van der Waals surface area contributed by atoms with Gasteiger partial charge in [0, 0.05) is 26.2 Å². The highest BCUT2D eigenvalue weighted by atomic mass is 16.6. The monoisotopic (exact) mass is 666 g/mol. The van der Waals surface area contributed by atoms with Crippen LogP contribution < -0.4 is 16.1 Å². The third-order valence-corrected chi connectivity index (χ3v) is 7.49. The van der Waals surface area contributed by atoms with Crippen LogP contribution in [0.3, 0.4) is 0 Å². The molecule has 0 unspecified atom stereocenters. The fraction of sp³-hybridized carbons (Fsp3) is 0.529. The van der Waals surface area contributed by atoms with Crippen molar-refractivity contribution in [1.82, 2.24) is 23.6 Å². The SMILES string of the molecule is C=Cc1ccccc1-n1c(N2CCN(C(=O)OC(C)(C)C)CC2)nc2c1c(=O)n(COC(=O)C(C)(C)C)c(=O)n2COC(=O)C(C)(C)C. The summed E-state index contributed by atoms with van der Waals surface area (Å²) in [5.41, 5.74) is -2.88. The lowest BCUT2D eigenvalue weighted by atomic mass is 9.97. The summed E-state index contributed by atoms with van der Waals surface area (Å²) in [5.74, 6) is -0.872. The van der Waals surface area contributed by atoms with Crippen molar-refractivity contribution in [2.45, 2.75) is 81.4 Å². The van der Waals surface area contributed by atoms with Crippen LogP contribution in [-0.2, 0) is 37.3 Å². The summed E-state index contributed by atoms with van der Waals surface area (Å²) in [6.45, 7) is 19.4. The van der Waals surface area contributed by atoms with E-state index in [0.29, 0.717) is 43.4 Å². The normalized spacial score (nSPS) is 14.2. The number of nitrogens with zero attached hydrogens (tertiary/aromatic N) is 6. The number of amides is 1. The highest BCUT2D eigenvalue weighted by molar-refractivity contribution is 5.80. The van der Waals surface area contributed by atoms with Crippen molar-refractivity contribution in [3.05, 3.63) is 57.2 Å². The van der Waals surface area contributed by atoms with E-state index in [1.54, 1.807) is 90.0 Å². The number of carbonyl (C=O) groups is 3. The Morgan fingerprint density at radius 1 is 0.833 bits per heavy atom. The predicted molar refractivity (Wildman–Crippen MR) is 181 cm³/mol. The lowest BCUT2D eigenvalue weighted by Gasteiger charge is -2.36. The highest BCUT2D eigenvalue weighted by Gasteiger charge is 2.32. The molecule has 0 aliphatic carbocycles. The molecule has 0 spiro atoms. The van der Waals surface area contributed by atoms with E-state index in [0.717, 1.165) is 9.13 Å². The second-order valence-corrected chi connectivity index (χ2v) is 14.7. The van der Waals surface area contributed by atoms with Gasteiger partial charge >= 0.3 is 23.7 Å². The van der Waals surface area contributed by atoms with E-state index in [9.17, 15) is 24.0 Å². The number of rotatable bonds is 7. The molecule has 3 aromatic rings. The highest BCUT2D eigenvalue weighted by Crippen LogP contribution is 2.29. The van der Waals surface area contributed by atoms with Gasteiger partial charge in [0.1, 0.15) is 5.60 Å². The van der Waals surface area contributed by atoms with Crippen molar-refractivity contribution in [2.24, 2.45) is 10.8 Å². The smallest absolute Gasteiger partial charge is 0.410 e. The second-order valence-electron chi connectivity index (χ2n) is 14.7. The van der Waals surface area contributed by atoms with Crippen LogP contribution in [0.25, 0.3) is 22.9 Å². The molecule has 260 valence electrons. The van der Waals surface area contributed by atoms with Gasteiger partial charge in [-0.15, -0.1) is 0 Å². The number of ether oxygens (including phenoxy) is 3. The molecule has 1 saturated heterocycles. The first-order valence-corrected chi connectivity index (χ1v) is 15.8. The van der Waals surface area contributed by atoms with E-state index in [4.69, 9.17) is 19.2 Å². The number of piperazine rings is 1. The molecular formula is C34H46N6O8. The number of hydrogen-bond donors (Lipinski definition) is 0. The van der Waals surface area contributed by atoms with E-state index >= 15 is 0 Å². The quantitative estimate of drug-likeness (QED) is 0.266. The van der Waals surface area contributed by atoms with Crippen molar-refractivity contribution in [3.63, 3.8) is 0 Å². The average Bonchev–Trinajstić information content (AvgIpc) is 3.39. The minimum atomic E-state index is -0.895. The summed E-state index contributed by atoms with van der Waals surface area (Å²) in [7, 11) is 0. The Morgan fingerprint density at radius 3 is 1.90 bits per heavy atom. The Kier molecular flexibility index (Phi) is 9.98. The molecule has 1 fully saturated rings. The maximum atomic E-state index is 14.3. The van der Waals surface area contributed by atoms with Crippen LogP contribution in [0.4, 0.5) is 10.7 Å². The Hall–Kier alpha value is -4.88. The number of carbonyl (C=O) groups excluding carboxylic acids is 3. The fourth-order valence-corrected chi connectivity index (χ4v) is 4.86. The largest absolute Gasteiger partial charge is 0.444 e. The fourth-order valence-electron chi connectivity index (χ4n) is 4.86. The molecule has 0 atom stereocenters. The van der Waals surface area contributed by atoms with Crippen molar-refractivity contribution in [1.29, 1.82) is 0 Å². The number of imidazole rings is 1. The maximum Gasteiger partial charge on any atom is 0.410 e. The minimum absolute atomic E-state index is 0.00733. The maximum absolute atomic E-state index is 14.3. The molecular weight excluding hydrogens is 620 g/mol. The lowest BCUT2D eigenvalue weighted by Crippen LogP contribution is -2.50. The number of esters is 2. The van der Waals surface area contributed by atoms with Crippen LogP contribution in [-0.4, -0.2) is 73.4 Å².